The van der Waals surface area contributed by atoms with Gasteiger partial charge in [0.15, 0.2) is 9.84 Å². The van der Waals surface area contributed by atoms with Gasteiger partial charge in [0.1, 0.15) is 0 Å². The van der Waals surface area contributed by atoms with E-state index in [0.717, 1.165) is 10.6 Å². The van der Waals surface area contributed by atoms with Crippen molar-refractivity contribution in [3.8, 4) is 10.4 Å². The Labute approximate surface area is 194 Å². The van der Waals surface area contributed by atoms with E-state index in [9.17, 15) is 13.2 Å². The number of fused-ring (bicyclic) bond motifs is 3. The smallest absolute Gasteiger partial charge is 0.264 e. The predicted molar refractivity (Wildman–Crippen MR) is 125 cm³/mol. The fourth-order valence-corrected chi connectivity index (χ4v) is 7.72. The normalized spacial score (nSPS) is 17.2. The fraction of sp³-hybridized carbons (Fsp3) is 0.227. The van der Waals surface area contributed by atoms with E-state index in [4.69, 9.17) is 23.2 Å². The number of thiophene rings is 1. The van der Waals surface area contributed by atoms with E-state index >= 15 is 0 Å². The first-order valence-electron chi connectivity index (χ1n) is 9.78. The standard InChI is InChI=1S/C22H18Cl2N2O3S2/c23-16-5-3-6-17(24)20(16)25-8-10-26(11-9-25)22(27)18-12-14-13-31(28,29)19-7-2-1-4-15(19)21(14)30-18/h1-7,12H,8-11,13H2. The first-order valence-corrected chi connectivity index (χ1v) is 13.0. The van der Waals surface area contributed by atoms with Gasteiger partial charge >= 0.3 is 0 Å². The second-order valence-electron chi connectivity index (χ2n) is 7.57. The number of nitrogens with zero attached hydrogens (tertiary/aromatic N) is 2. The van der Waals surface area contributed by atoms with Crippen molar-refractivity contribution in [2.75, 3.05) is 31.1 Å². The molecule has 0 saturated carbocycles. The molecule has 1 fully saturated rings. The Kier molecular flexibility index (Phi) is 5.25. The molecule has 3 aromatic rings. The SMILES string of the molecule is O=C(c1cc2c(s1)-c1ccccc1S(=O)(=O)C2)N1CCN(c2c(Cl)cccc2Cl)CC1. The van der Waals surface area contributed by atoms with Gasteiger partial charge in [-0.2, -0.15) is 0 Å². The molecular formula is C22H18Cl2N2O3S2. The highest BCUT2D eigenvalue weighted by Gasteiger charge is 2.32. The molecule has 0 radical (unpaired) electrons. The molecule has 0 atom stereocenters. The van der Waals surface area contributed by atoms with E-state index in [1.54, 1.807) is 23.1 Å². The van der Waals surface area contributed by atoms with Crippen LogP contribution in [0.15, 0.2) is 53.4 Å². The van der Waals surface area contributed by atoms with Crippen molar-refractivity contribution in [1.82, 2.24) is 4.90 Å². The summed E-state index contributed by atoms with van der Waals surface area (Å²) in [5.74, 6) is -0.138. The summed E-state index contributed by atoms with van der Waals surface area (Å²) < 4.78 is 25.2. The molecule has 0 unspecified atom stereocenters. The first kappa shape index (κ1) is 20.8. The summed E-state index contributed by atoms with van der Waals surface area (Å²) in [4.78, 5) is 18.9. The number of hydrogen-bond donors (Lipinski definition) is 0. The summed E-state index contributed by atoms with van der Waals surface area (Å²) in [6, 6.07) is 14.2. The molecule has 9 heteroatoms. The topological polar surface area (TPSA) is 57.7 Å². The lowest BCUT2D eigenvalue weighted by molar-refractivity contribution is 0.0751. The van der Waals surface area contributed by atoms with Crippen LogP contribution in [0.1, 0.15) is 15.2 Å². The van der Waals surface area contributed by atoms with Crippen LogP contribution in [0.2, 0.25) is 10.0 Å². The van der Waals surface area contributed by atoms with Crippen molar-refractivity contribution in [3.05, 3.63) is 69.0 Å². The van der Waals surface area contributed by atoms with Crippen molar-refractivity contribution < 1.29 is 13.2 Å². The highest BCUT2D eigenvalue weighted by atomic mass is 35.5. The molecule has 2 aliphatic rings. The van der Waals surface area contributed by atoms with Crippen molar-refractivity contribution >= 4 is 56.0 Å². The Morgan fingerprint density at radius 1 is 0.935 bits per heavy atom. The van der Waals surface area contributed by atoms with Crippen LogP contribution in [0.5, 0.6) is 0 Å². The Morgan fingerprint density at radius 2 is 1.61 bits per heavy atom. The summed E-state index contributed by atoms with van der Waals surface area (Å²) in [7, 11) is -3.39. The van der Waals surface area contributed by atoms with Gasteiger partial charge in [0.05, 0.1) is 31.3 Å². The number of benzene rings is 2. The Hall–Kier alpha value is -2.06. The molecule has 1 aromatic heterocycles. The molecule has 5 nitrogen and oxygen atoms in total. The Morgan fingerprint density at radius 3 is 2.32 bits per heavy atom. The number of halogens is 2. The van der Waals surface area contributed by atoms with Crippen LogP contribution in [0, 0.1) is 0 Å². The summed E-state index contributed by atoms with van der Waals surface area (Å²) in [5.41, 5.74) is 2.19. The van der Waals surface area contributed by atoms with Crippen LogP contribution in [-0.4, -0.2) is 45.4 Å². The number of piperazine rings is 1. The van der Waals surface area contributed by atoms with E-state index < -0.39 is 9.84 Å². The molecule has 2 aromatic carbocycles. The van der Waals surface area contributed by atoms with Crippen molar-refractivity contribution in [2.24, 2.45) is 0 Å². The van der Waals surface area contributed by atoms with Crippen molar-refractivity contribution in [1.29, 1.82) is 0 Å². The number of amides is 1. The van der Waals surface area contributed by atoms with E-state index in [2.05, 4.69) is 4.90 Å². The van der Waals surface area contributed by atoms with Gasteiger partial charge in [0, 0.05) is 36.6 Å². The van der Waals surface area contributed by atoms with Gasteiger partial charge in [-0.15, -0.1) is 11.3 Å². The third-order valence-electron chi connectivity index (χ3n) is 5.65. The number of carbonyl (C=O) groups excluding carboxylic acids is 1. The number of rotatable bonds is 2. The van der Waals surface area contributed by atoms with Crippen molar-refractivity contribution in [3.63, 3.8) is 0 Å². The van der Waals surface area contributed by atoms with Crippen LogP contribution >= 0.6 is 34.5 Å². The lowest BCUT2D eigenvalue weighted by Gasteiger charge is -2.36. The monoisotopic (exact) mass is 492 g/mol. The quantitative estimate of drug-likeness (QED) is 0.506. The third-order valence-corrected chi connectivity index (χ3v) is 9.18. The molecule has 160 valence electrons. The average Bonchev–Trinajstić information content (AvgIpc) is 3.17. The highest BCUT2D eigenvalue weighted by molar-refractivity contribution is 7.91. The van der Waals surface area contributed by atoms with E-state index in [1.807, 2.05) is 30.3 Å². The molecule has 3 heterocycles. The second-order valence-corrected chi connectivity index (χ2v) is 11.4. The number of sulfone groups is 1. The maximum Gasteiger partial charge on any atom is 0.264 e. The number of hydrogen-bond acceptors (Lipinski definition) is 5. The van der Waals surface area contributed by atoms with Crippen LogP contribution in [0.25, 0.3) is 10.4 Å². The van der Waals surface area contributed by atoms with Gasteiger partial charge in [-0.05, 0) is 29.8 Å². The minimum absolute atomic E-state index is 0.0675. The van der Waals surface area contributed by atoms with Crippen LogP contribution in [-0.2, 0) is 15.6 Å². The predicted octanol–water partition coefficient (Wildman–Crippen LogP) is 4.97. The molecule has 31 heavy (non-hydrogen) atoms. The summed E-state index contributed by atoms with van der Waals surface area (Å²) in [6.07, 6.45) is 0. The summed E-state index contributed by atoms with van der Waals surface area (Å²) in [6.45, 7) is 2.32. The number of anilines is 1. The molecular weight excluding hydrogens is 475 g/mol. The Balaban J connectivity index is 1.37. The fourth-order valence-electron chi connectivity index (χ4n) is 4.16. The maximum absolute atomic E-state index is 13.2. The van der Waals surface area contributed by atoms with Gasteiger partial charge in [0.25, 0.3) is 5.91 Å². The molecule has 2 aliphatic heterocycles. The van der Waals surface area contributed by atoms with Gasteiger partial charge in [-0.25, -0.2) is 8.42 Å². The van der Waals surface area contributed by atoms with E-state index in [1.165, 1.54) is 11.3 Å². The Bertz CT molecular complexity index is 1280. The zero-order valence-corrected chi connectivity index (χ0v) is 19.5. The largest absolute Gasteiger partial charge is 0.366 e. The van der Waals surface area contributed by atoms with E-state index in [0.29, 0.717) is 57.1 Å². The third kappa shape index (κ3) is 3.63. The van der Waals surface area contributed by atoms with Gasteiger partial charge in [-0.1, -0.05) is 47.5 Å². The van der Waals surface area contributed by atoms with Gasteiger partial charge < -0.3 is 9.80 Å². The van der Waals surface area contributed by atoms with Gasteiger partial charge in [0.2, 0.25) is 0 Å². The van der Waals surface area contributed by atoms with Crippen LogP contribution in [0.3, 0.4) is 0 Å². The highest BCUT2D eigenvalue weighted by Crippen LogP contribution is 2.43. The van der Waals surface area contributed by atoms with E-state index in [-0.39, 0.29) is 11.7 Å². The lowest BCUT2D eigenvalue weighted by atomic mass is 10.1. The average molecular weight is 493 g/mol. The summed E-state index contributed by atoms with van der Waals surface area (Å²) in [5, 5.41) is 1.19. The molecule has 0 aliphatic carbocycles. The van der Waals surface area contributed by atoms with Crippen molar-refractivity contribution in [2.45, 2.75) is 10.6 Å². The minimum Gasteiger partial charge on any atom is -0.366 e. The first-order chi connectivity index (χ1) is 14.8. The molecule has 1 amide bonds. The lowest BCUT2D eigenvalue weighted by Crippen LogP contribution is -2.48. The zero-order valence-electron chi connectivity index (χ0n) is 16.3. The number of para-hydroxylation sites is 1. The molecule has 5 rings (SSSR count). The summed E-state index contributed by atoms with van der Waals surface area (Å²) >= 11 is 14.0. The molecule has 0 bridgehead atoms. The molecule has 0 N–H and O–H groups in total. The number of carbonyl (C=O) groups is 1. The maximum atomic E-state index is 13.2. The second kappa shape index (κ2) is 7.81. The molecule has 1 saturated heterocycles. The zero-order chi connectivity index (χ0) is 21.8. The van der Waals surface area contributed by atoms with Crippen LogP contribution in [0.4, 0.5) is 5.69 Å². The van der Waals surface area contributed by atoms with Gasteiger partial charge in [-0.3, -0.25) is 4.79 Å². The minimum atomic E-state index is -3.39. The van der Waals surface area contributed by atoms with Crippen LogP contribution < -0.4 is 4.90 Å². The molecule has 0 spiro atoms.